The second-order valence-corrected chi connectivity index (χ2v) is 3.81. The molecule has 7 nitrogen and oxygen atoms in total. The van der Waals surface area contributed by atoms with Crippen LogP contribution in [0.3, 0.4) is 0 Å². The fraction of sp³-hybridized carbons (Fsp3) is 0.182. The monoisotopic (exact) mass is 249 g/mol. The number of benzene rings is 1. The number of H-pyrrole nitrogens is 1. The maximum absolute atomic E-state index is 10.6. The lowest BCUT2D eigenvalue weighted by Crippen LogP contribution is -2.23. The summed E-state index contributed by atoms with van der Waals surface area (Å²) in [7, 11) is 0. The summed E-state index contributed by atoms with van der Waals surface area (Å²) in [4.78, 5) is 23.5. The van der Waals surface area contributed by atoms with Crippen LogP contribution in [0.15, 0.2) is 24.3 Å². The Kier molecular flexibility index (Phi) is 3.13. The zero-order valence-corrected chi connectivity index (χ0v) is 9.34. The molecule has 1 aromatic heterocycles. The Balaban J connectivity index is 2.16. The van der Waals surface area contributed by atoms with Crippen LogP contribution >= 0.6 is 0 Å². The Morgan fingerprint density at radius 3 is 2.89 bits per heavy atom. The third-order valence-corrected chi connectivity index (χ3v) is 2.54. The van der Waals surface area contributed by atoms with E-state index in [1.165, 1.54) is 12.1 Å². The van der Waals surface area contributed by atoms with Crippen molar-refractivity contribution in [2.75, 3.05) is 6.54 Å². The Morgan fingerprint density at radius 1 is 1.44 bits per heavy atom. The lowest BCUT2D eigenvalue weighted by atomic mass is 10.2. The Morgan fingerprint density at radius 2 is 2.22 bits per heavy atom. The minimum Gasteiger partial charge on any atom is -0.465 e. The maximum atomic E-state index is 10.6. The highest BCUT2D eigenvalue weighted by molar-refractivity contribution is 5.82. The summed E-state index contributed by atoms with van der Waals surface area (Å²) in [6.45, 7) is 0.296. The number of nitro benzene ring substituents is 1. The van der Waals surface area contributed by atoms with Gasteiger partial charge in [-0.05, 0) is 12.1 Å². The van der Waals surface area contributed by atoms with Crippen LogP contribution in [0.1, 0.15) is 5.69 Å². The zero-order valence-electron chi connectivity index (χ0n) is 9.34. The molecule has 3 N–H and O–H groups in total. The van der Waals surface area contributed by atoms with Crippen LogP contribution < -0.4 is 5.32 Å². The molecule has 0 atom stereocenters. The fourth-order valence-electron chi connectivity index (χ4n) is 1.73. The molecule has 1 heterocycles. The van der Waals surface area contributed by atoms with Crippen molar-refractivity contribution in [1.82, 2.24) is 10.3 Å². The van der Waals surface area contributed by atoms with Crippen LogP contribution in [0.25, 0.3) is 10.9 Å². The van der Waals surface area contributed by atoms with E-state index in [2.05, 4.69) is 10.3 Å². The molecular weight excluding hydrogens is 238 g/mol. The molecule has 0 spiro atoms. The molecule has 18 heavy (non-hydrogen) atoms. The van der Waals surface area contributed by atoms with Gasteiger partial charge < -0.3 is 15.4 Å². The molecule has 0 saturated carbocycles. The SMILES string of the molecule is O=C(O)NCCc1cc2ccc([N+](=O)[O-])cc2[nH]1. The van der Waals surface area contributed by atoms with E-state index < -0.39 is 11.0 Å². The predicted molar refractivity (Wildman–Crippen MR) is 64.7 cm³/mol. The Hall–Kier alpha value is -2.57. The van der Waals surface area contributed by atoms with E-state index in [9.17, 15) is 14.9 Å². The Labute approximate surface area is 102 Å². The lowest BCUT2D eigenvalue weighted by Gasteiger charge is -1.97. The van der Waals surface area contributed by atoms with Gasteiger partial charge in [-0.2, -0.15) is 0 Å². The first kappa shape index (κ1) is 11.9. The van der Waals surface area contributed by atoms with Crippen LogP contribution in [0.5, 0.6) is 0 Å². The van der Waals surface area contributed by atoms with Crippen molar-refractivity contribution in [3.05, 3.63) is 40.1 Å². The topological polar surface area (TPSA) is 108 Å². The van der Waals surface area contributed by atoms with Gasteiger partial charge in [0.05, 0.1) is 10.4 Å². The summed E-state index contributed by atoms with van der Waals surface area (Å²) in [5, 5.41) is 22.2. The molecule has 2 rings (SSSR count). The normalized spacial score (nSPS) is 10.4. The minimum absolute atomic E-state index is 0.0274. The van der Waals surface area contributed by atoms with Crippen molar-refractivity contribution in [3.8, 4) is 0 Å². The molecule has 0 fully saturated rings. The van der Waals surface area contributed by atoms with E-state index >= 15 is 0 Å². The highest BCUT2D eigenvalue weighted by Gasteiger charge is 2.08. The molecule has 0 bridgehead atoms. The van der Waals surface area contributed by atoms with Gasteiger partial charge in [0.1, 0.15) is 0 Å². The Bertz CT molecular complexity index is 605. The van der Waals surface area contributed by atoms with E-state index in [0.717, 1.165) is 11.1 Å². The number of hydrogen-bond donors (Lipinski definition) is 3. The van der Waals surface area contributed by atoms with Crippen LogP contribution in [-0.2, 0) is 6.42 Å². The van der Waals surface area contributed by atoms with Gasteiger partial charge in [-0.1, -0.05) is 0 Å². The molecule has 7 heteroatoms. The number of non-ortho nitro benzene ring substituents is 1. The van der Waals surface area contributed by atoms with Gasteiger partial charge in [0.15, 0.2) is 0 Å². The molecule has 0 aliphatic carbocycles. The van der Waals surface area contributed by atoms with Gasteiger partial charge in [0.2, 0.25) is 0 Å². The number of carbonyl (C=O) groups is 1. The number of aromatic nitrogens is 1. The highest BCUT2D eigenvalue weighted by Crippen LogP contribution is 2.21. The van der Waals surface area contributed by atoms with E-state index in [0.29, 0.717) is 18.5 Å². The molecule has 0 aliphatic heterocycles. The molecule has 1 amide bonds. The standard InChI is InChI=1S/C11H11N3O4/c15-11(16)12-4-3-8-5-7-1-2-9(14(17)18)6-10(7)13-8/h1-2,5-6,12-13H,3-4H2,(H,15,16). The van der Waals surface area contributed by atoms with Gasteiger partial charge in [-0.15, -0.1) is 0 Å². The third kappa shape index (κ3) is 2.57. The van der Waals surface area contributed by atoms with Crippen molar-refractivity contribution in [1.29, 1.82) is 0 Å². The number of carboxylic acid groups (broad SMARTS) is 1. The van der Waals surface area contributed by atoms with E-state index in [1.807, 2.05) is 6.07 Å². The maximum Gasteiger partial charge on any atom is 0.404 e. The molecule has 0 saturated heterocycles. The number of aromatic amines is 1. The quantitative estimate of drug-likeness (QED) is 0.567. The van der Waals surface area contributed by atoms with Gasteiger partial charge in [0.25, 0.3) is 5.69 Å². The molecular formula is C11H11N3O4. The van der Waals surface area contributed by atoms with Crippen molar-refractivity contribution in [3.63, 3.8) is 0 Å². The number of amides is 1. The number of hydrogen-bond acceptors (Lipinski definition) is 3. The van der Waals surface area contributed by atoms with Gasteiger partial charge in [0, 0.05) is 36.2 Å². The third-order valence-electron chi connectivity index (χ3n) is 2.54. The second-order valence-electron chi connectivity index (χ2n) is 3.81. The van der Waals surface area contributed by atoms with Crippen LogP contribution in [0, 0.1) is 10.1 Å². The molecule has 1 aromatic carbocycles. The predicted octanol–water partition coefficient (Wildman–Crippen LogP) is 1.89. The summed E-state index contributed by atoms with van der Waals surface area (Å²) in [5.41, 5.74) is 1.54. The van der Waals surface area contributed by atoms with Crippen molar-refractivity contribution >= 4 is 22.7 Å². The number of nitrogens with zero attached hydrogens (tertiary/aromatic N) is 1. The summed E-state index contributed by atoms with van der Waals surface area (Å²) in [6, 6.07) is 6.42. The van der Waals surface area contributed by atoms with Crippen molar-refractivity contribution in [2.45, 2.75) is 6.42 Å². The first-order valence-corrected chi connectivity index (χ1v) is 5.29. The number of nitro groups is 1. The number of rotatable bonds is 4. The van der Waals surface area contributed by atoms with Gasteiger partial charge >= 0.3 is 6.09 Å². The largest absolute Gasteiger partial charge is 0.465 e. The second kappa shape index (κ2) is 4.74. The molecule has 94 valence electrons. The summed E-state index contributed by atoms with van der Waals surface area (Å²) in [5.74, 6) is 0. The molecule has 0 aliphatic rings. The number of nitrogens with one attached hydrogen (secondary N) is 2. The molecule has 2 aromatic rings. The summed E-state index contributed by atoms with van der Waals surface area (Å²) >= 11 is 0. The molecule has 0 radical (unpaired) electrons. The number of fused-ring (bicyclic) bond motifs is 1. The fourth-order valence-corrected chi connectivity index (χ4v) is 1.73. The average Bonchev–Trinajstić information content (AvgIpc) is 2.69. The van der Waals surface area contributed by atoms with Gasteiger partial charge in [-0.3, -0.25) is 10.1 Å². The first-order valence-electron chi connectivity index (χ1n) is 5.29. The lowest BCUT2D eigenvalue weighted by molar-refractivity contribution is -0.384. The van der Waals surface area contributed by atoms with E-state index in [4.69, 9.17) is 5.11 Å². The smallest absolute Gasteiger partial charge is 0.404 e. The highest BCUT2D eigenvalue weighted by atomic mass is 16.6. The summed E-state index contributed by atoms with van der Waals surface area (Å²) in [6.07, 6.45) is -0.559. The van der Waals surface area contributed by atoms with Crippen LogP contribution in [-0.4, -0.2) is 27.7 Å². The van der Waals surface area contributed by atoms with Crippen LogP contribution in [0.2, 0.25) is 0 Å². The van der Waals surface area contributed by atoms with Gasteiger partial charge in [-0.25, -0.2) is 4.79 Å². The molecule has 0 unspecified atom stereocenters. The average molecular weight is 249 g/mol. The first-order chi connectivity index (χ1) is 8.56. The van der Waals surface area contributed by atoms with Crippen molar-refractivity contribution < 1.29 is 14.8 Å². The van der Waals surface area contributed by atoms with E-state index in [-0.39, 0.29) is 5.69 Å². The van der Waals surface area contributed by atoms with Crippen LogP contribution in [0.4, 0.5) is 10.5 Å². The zero-order chi connectivity index (χ0) is 13.1. The minimum atomic E-state index is -1.07. The summed E-state index contributed by atoms with van der Waals surface area (Å²) < 4.78 is 0. The van der Waals surface area contributed by atoms with Crippen molar-refractivity contribution in [2.24, 2.45) is 0 Å². The van der Waals surface area contributed by atoms with E-state index in [1.54, 1.807) is 6.07 Å².